The molecule has 7 heteroatoms. The van der Waals surface area contributed by atoms with Gasteiger partial charge in [0.2, 0.25) is 0 Å². The molecule has 35 heavy (non-hydrogen) atoms. The Hall–Kier alpha value is -4.13. The quantitative estimate of drug-likeness (QED) is 0.377. The number of fused-ring (bicyclic) bond motifs is 1. The number of hydrogen-bond acceptors (Lipinski definition) is 4. The van der Waals surface area contributed by atoms with Gasteiger partial charge >= 0.3 is 6.03 Å². The van der Waals surface area contributed by atoms with E-state index >= 15 is 0 Å². The Morgan fingerprint density at radius 3 is 2.37 bits per heavy atom. The van der Waals surface area contributed by atoms with Gasteiger partial charge in [-0.2, -0.15) is 0 Å². The van der Waals surface area contributed by atoms with Crippen LogP contribution in [0.5, 0.6) is 5.75 Å². The Morgan fingerprint density at radius 1 is 0.971 bits per heavy atom. The molecule has 1 aromatic heterocycles. The molecule has 0 bridgehead atoms. The van der Waals surface area contributed by atoms with Gasteiger partial charge in [-0.1, -0.05) is 54.6 Å². The van der Waals surface area contributed by atoms with Gasteiger partial charge in [0.15, 0.2) is 0 Å². The van der Waals surface area contributed by atoms with Crippen LogP contribution in [-0.2, 0) is 7.05 Å². The van der Waals surface area contributed by atoms with Gasteiger partial charge in [-0.25, -0.2) is 9.78 Å². The number of para-hydroxylation sites is 4. The fraction of sp³-hybridized carbons (Fsp3) is 0.250. The molecule has 1 unspecified atom stereocenters. The average molecular weight is 471 g/mol. The summed E-state index contributed by atoms with van der Waals surface area (Å²) < 4.78 is 7.28. The van der Waals surface area contributed by atoms with Crippen molar-refractivity contribution in [3.8, 4) is 5.75 Å². The number of amides is 2. The zero-order valence-corrected chi connectivity index (χ0v) is 20.4. The highest BCUT2D eigenvalue weighted by Gasteiger charge is 2.31. The number of urea groups is 1. The summed E-state index contributed by atoms with van der Waals surface area (Å²) in [6, 6.07) is 23.3. The summed E-state index contributed by atoms with van der Waals surface area (Å²) in [6.45, 7) is 6.16. The number of benzene rings is 3. The van der Waals surface area contributed by atoms with Crippen LogP contribution < -0.4 is 15.6 Å². The lowest BCUT2D eigenvalue weighted by Gasteiger charge is -2.34. The van der Waals surface area contributed by atoms with E-state index in [9.17, 15) is 9.59 Å². The molecule has 2 amide bonds. The van der Waals surface area contributed by atoms with E-state index in [1.54, 1.807) is 22.6 Å². The van der Waals surface area contributed by atoms with Crippen molar-refractivity contribution in [1.82, 2.24) is 14.5 Å². The summed E-state index contributed by atoms with van der Waals surface area (Å²) in [6.07, 6.45) is 0. The summed E-state index contributed by atoms with van der Waals surface area (Å²) in [5.74, 6) is 0.586. The van der Waals surface area contributed by atoms with E-state index in [4.69, 9.17) is 4.74 Å². The second kappa shape index (κ2) is 10.4. The van der Waals surface area contributed by atoms with Gasteiger partial charge in [-0.3, -0.25) is 4.79 Å². The van der Waals surface area contributed by atoms with Gasteiger partial charge in [-0.15, -0.1) is 0 Å². The van der Waals surface area contributed by atoms with Gasteiger partial charge < -0.3 is 19.5 Å². The lowest BCUT2D eigenvalue weighted by molar-refractivity contribution is 0.165. The lowest BCUT2D eigenvalue weighted by atomic mass is 10.0. The third-order valence-electron chi connectivity index (χ3n) is 6.18. The first kappa shape index (κ1) is 24.0. The molecule has 2 atom stereocenters. The molecule has 0 aliphatic rings. The number of anilines is 1. The molecular weight excluding hydrogens is 440 g/mol. The highest BCUT2D eigenvalue weighted by Crippen LogP contribution is 2.31. The van der Waals surface area contributed by atoms with Crippen LogP contribution in [0, 0.1) is 0 Å². The second-order valence-electron chi connectivity index (χ2n) is 8.38. The molecule has 4 aromatic rings. The summed E-state index contributed by atoms with van der Waals surface area (Å²) in [4.78, 5) is 33.5. The van der Waals surface area contributed by atoms with Gasteiger partial charge in [0.1, 0.15) is 11.4 Å². The number of rotatable bonds is 7. The van der Waals surface area contributed by atoms with Crippen LogP contribution in [0.3, 0.4) is 0 Å². The predicted molar refractivity (Wildman–Crippen MR) is 139 cm³/mol. The zero-order valence-electron chi connectivity index (χ0n) is 20.4. The van der Waals surface area contributed by atoms with Crippen molar-refractivity contribution in [2.24, 2.45) is 7.05 Å². The van der Waals surface area contributed by atoms with Crippen LogP contribution in [0.15, 0.2) is 83.7 Å². The van der Waals surface area contributed by atoms with E-state index in [0.29, 0.717) is 29.3 Å². The predicted octanol–water partition coefficient (Wildman–Crippen LogP) is 5.69. The fourth-order valence-corrected chi connectivity index (χ4v) is 4.32. The molecule has 3 aromatic carbocycles. The first-order valence-corrected chi connectivity index (χ1v) is 11.7. The van der Waals surface area contributed by atoms with Gasteiger partial charge in [0, 0.05) is 7.05 Å². The molecule has 0 saturated heterocycles. The number of ether oxygens (including phenoxy) is 1. The Bertz CT molecular complexity index is 1380. The summed E-state index contributed by atoms with van der Waals surface area (Å²) in [5, 5.41) is 2.99. The SMILES string of the molecule is CCOc1ccccc1NC(=O)N(C(C)c1nc2ccccc2n(C)c1=O)[C@@H](C)c1ccccc1. The zero-order chi connectivity index (χ0) is 24.9. The summed E-state index contributed by atoms with van der Waals surface area (Å²) >= 11 is 0. The summed E-state index contributed by atoms with van der Waals surface area (Å²) in [7, 11) is 1.73. The number of hydrogen-bond donors (Lipinski definition) is 1. The Balaban J connectivity index is 1.78. The van der Waals surface area contributed by atoms with Crippen molar-refractivity contribution in [2.75, 3.05) is 11.9 Å². The van der Waals surface area contributed by atoms with Crippen molar-refractivity contribution in [3.63, 3.8) is 0 Å². The minimum Gasteiger partial charge on any atom is -0.492 e. The number of carbonyl (C=O) groups is 1. The summed E-state index contributed by atoms with van der Waals surface area (Å²) in [5.41, 5.74) is 3.03. The van der Waals surface area contributed by atoms with Crippen molar-refractivity contribution in [1.29, 1.82) is 0 Å². The van der Waals surface area contributed by atoms with Crippen LogP contribution in [0.1, 0.15) is 44.1 Å². The number of aromatic nitrogens is 2. The van der Waals surface area contributed by atoms with Gasteiger partial charge in [0.25, 0.3) is 5.56 Å². The molecule has 0 radical (unpaired) electrons. The van der Waals surface area contributed by atoms with E-state index in [1.165, 1.54) is 0 Å². The molecule has 0 spiro atoms. The molecule has 1 heterocycles. The third-order valence-corrected chi connectivity index (χ3v) is 6.18. The topological polar surface area (TPSA) is 76.5 Å². The van der Waals surface area contributed by atoms with Crippen LogP contribution in [0.4, 0.5) is 10.5 Å². The molecule has 0 aliphatic heterocycles. The van der Waals surface area contributed by atoms with E-state index in [-0.39, 0.29) is 17.6 Å². The fourth-order valence-electron chi connectivity index (χ4n) is 4.32. The largest absolute Gasteiger partial charge is 0.492 e. The average Bonchev–Trinajstić information content (AvgIpc) is 2.88. The van der Waals surface area contributed by atoms with E-state index in [0.717, 1.165) is 11.1 Å². The molecule has 0 fully saturated rings. The maximum Gasteiger partial charge on any atom is 0.323 e. The monoisotopic (exact) mass is 470 g/mol. The van der Waals surface area contributed by atoms with Crippen molar-refractivity contribution in [2.45, 2.75) is 32.9 Å². The van der Waals surface area contributed by atoms with Crippen LogP contribution in [-0.4, -0.2) is 27.1 Å². The number of aryl methyl sites for hydroxylation is 1. The minimum absolute atomic E-state index is 0.232. The highest BCUT2D eigenvalue weighted by atomic mass is 16.5. The Labute approximate surface area is 205 Å². The Kier molecular flexibility index (Phi) is 7.15. The van der Waals surface area contributed by atoms with Gasteiger partial charge in [0.05, 0.1) is 35.4 Å². The van der Waals surface area contributed by atoms with Crippen LogP contribution in [0.25, 0.3) is 11.0 Å². The first-order valence-electron chi connectivity index (χ1n) is 11.7. The number of carbonyl (C=O) groups excluding carboxylic acids is 1. The van der Waals surface area contributed by atoms with Crippen LogP contribution in [0.2, 0.25) is 0 Å². The normalized spacial score (nSPS) is 12.7. The first-order chi connectivity index (χ1) is 16.9. The smallest absolute Gasteiger partial charge is 0.323 e. The standard InChI is InChI=1S/C28H30N4O3/c1-5-35-25-18-12-10-16-23(25)30-28(34)32(19(2)21-13-7-6-8-14-21)20(3)26-27(33)31(4)24-17-11-9-15-22(24)29-26/h6-20H,5H2,1-4H3,(H,30,34)/t19-,20?/m0/s1. The molecule has 180 valence electrons. The number of nitrogens with one attached hydrogen (secondary N) is 1. The van der Waals surface area contributed by atoms with E-state index in [2.05, 4.69) is 10.3 Å². The third kappa shape index (κ3) is 4.89. The molecular formula is C28H30N4O3. The van der Waals surface area contributed by atoms with Gasteiger partial charge in [-0.05, 0) is 50.6 Å². The lowest BCUT2D eigenvalue weighted by Crippen LogP contribution is -2.42. The molecule has 7 nitrogen and oxygen atoms in total. The minimum atomic E-state index is -0.604. The van der Waals surface area contributed by atoms with Crippen molar-refractivity contribution < 1.29 is 9.53 Å². The van der Waals surface area contributed by atoms with E-state index < -0.39 is 6.04 Å². The molecule has 0 saturated carbocycles. The van der Waals surface area contributed by atoms with E-state index in [1.807, 2.05) is 93.6 Å². The highest BCUT2D eigenvalue weighted by molar-refractivity contribution is 5.91. The van der Waals surface area contributed by atoms with Crippen molar-refractivity contribution in [3.05, 3.63) is 100 Å². The number of nitrogens with zero attached hydrogens (tertiary/aromatic N) is 3. The maximum atomic E-state index is 13.8. The maximum absolute atomic E-state index is 13.8. The second-order valence-corrected chi connectivity index (χ2v) is 8.38. The Morgan fingerprint density at radius 2 is 1.63 bits per heavy atom. The molecule has 1 N–H and O–H groups in total. The van der Waals surface area contributed by atoms with Crippen molar-refractivity contribution >= 4 is 22.8 Å². The molecule has 4 rings (SSSR count). The molecule has 0 aliphatic carbocycles. The van der Waals surface area contributed by atoms with Crippen LogP contribution >= 0.6 is 0 Å².